The lowest BCUT2D eigenvalue weighted by Gasteiger charge is -2.30. The predicted molar refractivity (Wildman–Crippen MR) is 95.9 cm³/mol. The fourth-order valence-electron chi connectivity index (χ4n) is 3.05. The smallest absolute Gasteiger partial charge is 0.335 e. The second-order valence-electron chi connectivity index (χ2n) is 5.92. The van der Waals surface area contributed by atoms with Crippen molar-refractivity contribution in [2.45, 2.75) is 17.7 Å². The molecule has 0 unspecified atom stereocenters. The maximum atomic E-state index is 13.2. The van der Waals surface area contributed by atoms with Gasteiger partial charge in [0.1, 0.15) is 5.75 Å². The standard InChI is InChI=1S/C17H16N2O7S/c1-26-13-5-7-16(15(10-13)19(22)23)27(24,25)18-8-2-3-11-9-12(17(20)21)4-6-14(11)18/h4-7,9-10H,2-3,8H2,1H3,(H,20,21). The first kappa shape index (κ1) is 18.6. The number of methoxy groups -OCH3 is 1. The molecule has 10 heteroatoms. The molecule has 142 valence electrons. The van der Waals surface area contributed by atoms with E-state index in [9.17, 15) is 23.3 Å². The number of nitrogens with zero attached hydrogens (tertiary/aromatic N) is 2. The number of rotatable bonds is 5. The second kappa shape index (κ2) is 6.88. The SMILES string of the molecule is COc1ccc(S(=O)(=O)N2CCCc3cc(C(=O)O)ccc32)c([N+](=O)[O-])c1. The van der Waals surface area contributed by atoms with Gasteiger partial charge in [0.2, 0.25) is 0 Å². The molecule has 3 rings (SSSR count). The van der Waals surface area contributed by atoms with Crippen LogP contribution < -0.4 is 9.04 Å². The molecule has 0 radical (unpaired) electrons. The fraction of sp³-hybridized carbons (Fsp3) is 0.235. The molecule has 0 saturated heterocycles. The molecule has 9 nitrogen and oxygen atoms in total. The van der Waals surface area contributed by atoms with Crippen molar-refractivity contribution in [2.75, 3.05) is 18.0 Å². The third-order valence-electron chi connectivity index (χ3n) is 4.33. The van der Waals surface area contributed by atoms with Gasteiger partial charge < -0.3 is 9.84 Å². The van der Waals surface area contributed by atoms with Gasteiger partial charge in [-0.3, -0.25) is 14.4 Å². The number of carbonyl (C=O) groups is 1. The Bertz CT molecular complexity index is 1030. The Hall–Kier alpha value is -3.14. The zero-order valence-electron chi connectivity index (χ0n) is 14.3. The van der Waals surface area contributed by atoms with E-state index in [0.29, 0.717) is 24.1 Å². The van der Waals surface area contributed by atoms with Gasteiger partial charge in [0.15, 0.2) is 4.90 Å². The van der Waals surface area contributed by atoms with E-state index in [1.54, 1.807) is 0 Å². The Kier molecular flexibility index (Phi) is 4.75. The quantitative estimate of drug-likeness (QED) is 0.611. The molecule has 2 aromatic carbocycles. The molecule has 1 aliphatic rings. The molecule has 0 amide bonds. The first-order valence-corrected chi connectivity index (χ1v) is 9.41. The molecule has 1 aliphatic heterocycles. The molecule has 0 atom stereocenters. The molecular weight excluding hydrogens is 376 g/mol. The Labute approximate surface area is 155 Å². The van der Waals surface area contributed by atoms with Gasteiger partial charge in [-0.1, -0.05) is 0 Å². The largest absolute Gasteiger partial charge is 0.497 e. The van der Waals surface area contributed by atoms with Crippen molar-refractivity contribution in [2.24, 2.45) is 0 Å². The summed E-state index contributed by atoms with van der Waals surface area (Å²) in [6, 6.07) is 7.72. The molecule has 1 N–H and O–H groups in total. The average molecular weight is 392 g/mol. The number of hydrogen-bond donors (Lipinski definition) is 1. The molecular formula is C17H16N2O7S. The minimum atomic E-state index is -4.22. The summed E-state index contributed by atoms with van der Waals surface area (Å²) in [7, 11) is -2.89. The zero-order valence-corrected chi connectivity index (χ0v) is 15.1. The van der Waals surface area contributed by atoms with E-state index in [0.717, 1.165) is 16.4 Å². The van der Waals surface area contributed by atoms with Crippen LogP contribution in [-0.2, 0) is 16.4 Å². The summed E-state index contributed by atoms with van der Waals surface area (Å²) in [5.41, 5.74) is 0.379. The molecule has 0 aromatic heterocycles. The summed E-state index contributed by atoms with van der Waals surface area (Å²) in [6.45, 7) is 0.144. The van der Waals surface area contributed by atoms with Gasteiger partial charge in [0, 0.05) is 6.54 Å². The Morgan fingerprint density at radius 1 is 1.26 bits per heavy atom. The van der Waals surface area contributed by atoms with Gasteiger partial charge in [-0.25, -0.2) is 13.2 Å². The first-order chi connectivity index (χ1) is 12.8. The maximum Gasteiger partial charge on any atom is 0.335 e. The van der Waals surface area contributed by atoms with Crippen LogP contribution in [0.4, 0.5) is 11.4 Å². The summed E-state index contributed by atoms with van der Waals surface area (Å²) in [6.07, 6.45) is 0.992. The van der Waals surface area contributed by atoms with Crippen LogP contribution in [0.25, 0.3) is 0 Å². The van der Waals surface area contributed by atoms with E-state index in [2.05, 4.69) is 0 Å². The third-order valence-corrected chi connectivity index (χ3v) is 6.19. The number of anilines is 1. The number of sulfonamides is 1. The number of aromatic carboxylic acids is 1. The molecule has 0 bridgehead atoms. The number of aryl methyl sites for hydroxylation is 1. The van der Waals surface area contributed by atoms with Gasteiger partial charge in [-0.15, -0.1) is 0 Å². The van der Waals surface area contributed by atoms with E-state index in [1.165, 1.54) is 31.4 Å². The summed E-state index contributed by atoms with van der Waals surface area (Å²) in [5, 5.41) is 20.5. The van der Waals surface area contributed by atoms with E-state index in [4.69, 9.17) is 9.84 Å². The van der Waals surface area contributed by atoms with Gasteiger partial charge in [0.05, 0.1) is 29.4 Å². The molecule has 0 saturated carbocycles. The second-order valence-corrected chi connectivity index (χ2v) is 7.75. The highest BCUT2D eigenvalue weighted by Gasteiger charge is 2.35. The van der Waals surface area contributed by atoms with Crippen molar-refractivity contribution >= 4 is 27.4 Å². The molecule has 0 aliphatic carbocycles. The van der Waals surface area contributed by atoms with Crippen LogP contribution in [-0.4, -0.2) is 38.1 Å². The monoisotopic (exact) mass is 392 g/mol. The molecule has 0 fully saturated rings. The highest BCUT2D eigenvalue weighted by atomic mass is 32.2. The van der Waals surface area contributed by atoms with Crippen LogP contribution in [0, 0.1) is 10.1 Å². The van der Waals surface area contributed by atoms with Crippen molar-refractivity contribution in [3.8, 4) is 5.75 Å². The highest BCUT2D eigenvalue weighted by molar-refractivity contribution is 7.93. The summed E-state index contributed by atoms with van der Waals surface area (Å²) < 4.78 is 32.3. The van der Waals surface area contributed by atoms with Crippen molar-refractivity contribution in [3.05, 3.63) is 57.6 Å². The number of nitro benzene ring substituents is 1. The topological polar surface area (TPSA) is 127 Å². The fourth-order valence-corrected chi connectivity index (χ4v) is 4.73. The van der Waals surface area contributed by atoms with E-state index in [1.807, 2.05) is 0 Å². The Morgan fingerprint density at radius 3 is 2.63 bits per heavy atom. The van der Waals surface area contributed by atoms with Crippen LogP contribution in [0.3, 0.4) is 0 Å². The number of carboxylic acids is 1. The lowest BCUT2D eigenvalue weighted by atomic mass is 10.0. The summed E-state index contributed by atoms with van der Waals surface area (Å²) >= 11 is 0. The summed E-state index contributed by atoms with van der Waals surface area (Å²) in [4.78, 5) is 21.3. The normalized spacial score (nSPS) is 13.7. The van der Waals surface area contributed by atoms with Crippen molar-refractivity contribution in [3.63, 3.8) is 0 Å². The van der Waals surface area contributed by atoms with Crippen LogP contribution in [0.1, 0.15) is 22.3 Å². The lowest BCUT2D eigenvalue weighted by Crippen LogP contribution is -2.36. The maximum absolute atomic E-state index is 13.2. The van der Waals surface area contributed by atoms with Crippen molar-refractivity contribution in [1.29, 1.82) is 0 Å². The van der Waals surface area contributed by atoms with Crippen LogP contribution in [0.2, 0.25) is 0 Å². The van der Waals surface area contributed by atoms with Crippen LogP contribution in [0.15, 0.2) is 41.3 Å². The molecule has 1 heterocycles. The van der Waals surface area contributed by atoms with Crippen molar-refractivity contribution in [1.82, 2.24) is 0 Å². The van der Waals surface area contributed by atoms with Gasteiger partial charge in [-0.2, -0.15) is 0 Å². The van der Waals surface area contributed by atoms with Crippen molar-refractivity contribution < 1.29 is 28.0 Å². The number of hydrogen-bond acceptors (Lipinski definition) is 6. The number of benzene rings is 2. The Balaban J connectivity index is 2.13. The Morgan fingerprint density at radius 2 is 2.00 bits per heavy atom. The molecule has 2 aromatic rings. The number of fused-ring (bicyclic) bond motifs is 1. The number of carboxylic acid groups (broad SMARTS) is 1. The minimum absolute atomic E-state index is 0.0587. The number of nitro groups is 1. The van der Waals surface area contributed by atoms with Crippen LogP contribution >= 0.6 is 0 Å². The summed E-state index contributed by atoms with van der Waals surface area (Å²) in [5.74, 6) is -0.936. The molecule has 27 heavy (non-hydrogen) atoms. The van der Waals surface area contributed by atoms with Gasteiger partial charge >= 0.3 is 5.97 Å². The predicted octanol–water partition coefficient (Wildman–Crippen LogP) is 2.44. The van der Waals surface area contributed by atoms with Crippen LogP contribution in [0.5, 0.6) is 5.75 Å². The first-order valence-electron chi connectivity index (χ1n) is 7.97. The molecule has 0 spiro atoms. The highest BCUT2D eigenvalue weighted by Crippen LogP contribution is 2.36. The van der Waals surface area contributed by atoms with Gasteiger partial charge in [0.25, 0.3) is 15.7 Å². The van der Waals surface area contributed by atoms with E-state index < -0.39 is 31.5 Å². The lowest BCUT2D eigenvalue weighted by molar-refractivity contribution is -0.387. The number of ether oxygens (including phenoxy) is 1. The van der Waals surface area contributed by atoms with E-state index >= 15 is 0 Å². The zero-order chi connectivity index (χ0) is 19.8. The minimum Gasteiger partial charge on any atom is -0.497 e. The average Bonchev–Trinajstić information content (AvgIpc) is 2.66. The third kappa shape index (κ3) is 3.31. The van der Waals surface area contributed by atoms with Gasteiger partial charge in [-0.05, 0) is 48.7 Å². The van der Waals surface area contributed by atoms with E-state index in [-0.39, 0.29) is 17.9 Å².